The normalized spacial score (nSPS) is 29.3. The third-order valence-electron chi connectivity index (χ3n) is 5.25. The first-order valence-corrected chi connectivity index (χ1v) is 14.8. The molecular weight excluding hydrogens is 492 g/mol. The molecule has 4 N–H and O–H groups in total. The van der Waals surface area contributed by atoms with E-state index in [4.69, 9.17) is 0 Å². The Morgan fingerprint density at radius 2 is 1.10 bits per heavy atom. The Bertz CT molecular complexity index is 1610. The van der Waals surface area contributed by atoms with Crippen LogP contribution in [0.2, 0.25) is 0 Å². The molecule has 0 spiro atoms. The van der Waals surface area contributed by atoms with Gasteiger partial charge in [0.2, 0.25) is 40.1 Å². The zero-order valence-electron chi connectivity index (χ0n) is 15.6. The van der Waals surface area contributed by atoms with E-state index in [2.05, 4.69) is 18.9 Å². The molecule has 0 fully saturated rings. The van der Waals surface area contributed by atoms with Crippen LogP contribution in [0.15, 0.2) is 43.8 Å². The van der Waals surface area contributed by atoms with Gasteiger partial charge >= 0.3 is 0 Å². The largest absolute Gasteiger partial charge is 0.245 e. The fourth-order valence-corrected chi connectivity index (χ4v) is 12.3. The Morgan fingerprint density at radius 1 is 0.677 bits per heavy atom. The second-order valence-corrected chi connectivity index (χ2v) is 13.8. The third-order valence-corrected chi connectivity index (χ3v) is 11.6. The Labute approximate surface area is 178 Å². The predicted molar refractivity (Wildman–Crippen MR) is 106 cm³/mol. The molecule has 167 valence electrons. The summed E-state index contributed by atoms with van der Waals surface area (Å²) in [6.45, 7) is 1.59. The molecular formula is C15H15N4O8S4. The van der Waals surface area contributed by atoms with Crippen LogP contribution in [0.25, 0.3) is 10.8 Å². The maximum absolute atomic E-state index is 13.4. The highest BCUT2D eigenvalue weighted by Crippen LogP contribution is 2.47. The molecule has 1 radical (unpaired) electrons. The van der Waals surface area contributed by atoms with Gasteiger partial charge in [0, 0.05) is 10.8 Å². The van der Waals surface area contributed by atoms with E-state index in [0.717, 1.165) is 0 Å². The summed E-state index contributed by atoms with van der Waals surface area (Å²) in [5.74, 6) is 0. The molecule has 5 rings (SSSR count). The van der Waals surface area contributed by atoms with Gasteiger partial charge in [-0.15, -0.1) is 0 Å². The number of sulfonamides is 4. The van der Waals surface area contributed by atoms with Gasteiger partial charge in [-0.05, 0) is 6.42 Å². The molecule has 3 aliphatic rings. The number of fused-ring (bicyclic) bond motifs is 8. The van der Waals surface area contributed by atoms with E-state index in [9.17, 15) is 33.7 Å². The van der Waals surface area contributed by atoms with Gasteiger partial charge in [0.25, 0.3) is 0 Å². The highest BCUT2D eigenvalue weighted by molar-refractivity contribution is 7.96. The van der Waals surface area contributed by atoms with Gasteiger partial charge in [0.05, 0.1) is 0 Å². The van der Waals surface area contributed by atoms with Crippen LogP contribution >= 0.6 is 0 Å². The Balaban J connectivity index is 2.23. The topological polar surface area (TPSA) is 185 Å². The van der Waals surface area contributed by atoms with Crippen LogP contribution in [-0.4, -0.2) is 39.3 Å². The zero-order valence-corrected chi connectivity index (χ0v) is 18.9. The molecule has 31 heavy (non-hydrogen) atoms. The van der Waals surface area contributed by atoms with Crippen LogP contribution < -0.4 is 18.9 Å². The maximum atomic E-state index is 13.4. The second kappa shape index (κ2) is 6.02. The maximum Gasteiger partial charge on any atom is 0.245 e. The lowest BCUT2D eigenvalue weighted by atomic mass is 10.0. The van der Waals surface area contributed by atoms with E-state index in [0.29, 0.717) is 0 Å². The van der Waals surface area contributed by atoms with Gasteiger partial charge in [0.15, 0.2) is 6.17 Å². The van der Waals surface area contributed by atoms with Crippen LogP contribution in [0.4, 0.5) is 0 Å². The molecule has 1 atom stereocenters. The lowest BCUT2D eigenvalue weighted by molar-refractivity contribution is 0.312. The molecule has 0 saturated carbocycles. The average Bonchev–Trinajstić information content (AvgIpc) is 2.74. The molecule has 2 aromatic carbocycles. The van der Waals surface area contributed by atoms with Crippen molar-refractivity contribution in [2.45, 2.75) is 45.0 Å². The van der Waals surface area contributed by atoms with Gasteiger partial charge in [0.1, 0.15) is 25.2 Å². The minimum atomic E-state index is -4.84. The molecule has 0 aromatic heterocycles. The highest BCUT2D eigenvalue weighted by Gasteiger charge is 2.59. The molecule has 4 bridgehead atoms. The SMILES string of the molecule is CCCC12NS(=O)(=O)c3c4c(c5ccccc5c3S(=O)(=O)N1)S(=O)(=O)N[C]2NS4(=O)=O. The molecule has 16 heteroatoms. The molecule has 12 nitrogen and oxygen atoms in total. The summed E-state index contributed by atoms with van der Waals surface area (Å²) in [6, 6.07) is 5.22. The number of hydrogen-bond donors (Lipinski definition) is 4. The predicted octanol–water partition coefficient (Wildman–Crippen LogP) is -1.02. The Hall–Kier alpha value is -1.66. The van der Waals surface area contributed by atoms with E-state index in [1.165, 1.54) is 24.3 Å². The van der Waals surface area contributed by atoms with E-state index >= 15 is 0 Å². The molecule has 1 unspecified atom stereocenters. The van der Waals surface area contributed by atoms with Crippen molar-refractivity contribution in [1.29, 1.82) is 0 Å². The van der Waals surface area contributed by atoms with Gasteiger partial charge < -0.3 is 0 Å². The first-order valence-electron chi connectivity index (χ1n) is 8.85. The monoisotopic (exact) mass is 507 g/mol. The summed E-state index contributed by atoms with van der Waals surface area (Å²) >= 11 is 0. The summed E-state index contributed by atoms with van der Waals surface area (Å²) in [5.41, 5.74) is -2.31. The van der Waals surface area contributed by atoms with Gasteiger partial charge in [-0.25, -0.2) is 33.7 Å². The molecule has 3 heterocycles. The second-order valence-electron chi connectivity index (χ2n) is 7.31. The van der Waals surface area contributed by atoms with Crippen molar-refractivity contribution in [1.82, 2.24) is 18.9 Å². The lowest BCUT2D eigenvalue weighted by Crippen LogP contribution is -2.69. The van der Waals surface area contributed by atoms with Gasteiger partial charge in [-0.1, -0.05) is 37.6 Å². The fraction of sp³-hybridized carbons (Fsp3) is 0.267. The fourth-order valence-electron chi connectivity index (χ4n) is 4.20. The minimum absolute atomic E-state index is 0.159. The first kappa shape index (κ1) is 21.2. The van der Waals surface area contributed by atoms with Crippen LogP contribution in [-0.2, 0) is 40.1 Å². The summed E-state index contributed by atoms with van der Waals surface area (Å²) in [4.78, 5) is -3.94. The summed E-state index contributed by atoms with van der Waals surface area (Å²) in [5, 5.41) is -0.492. The van der Waals surface area contributed by atoms with Crippen molar-refractivity contribution in [2.24, 2.45) is 0 Å². The smallest absolute Gasteiger partial charge is 0.207 e. The van der Waals surface area contributed by atoms with Crippen molar-refractivity contribution in [3.63, 3.8) is 0 Å². The summed E-state index contributed by atoms with van der Waals surface area (Å²) in [6.07, 6.45) is -0.904. The van der Waals surface area contributed by atoms with Crippen LogP contribution in [0.1, 0.15) is 19.8 Å². The highest BCUT2D eigenvalue weighted by atomic mass is 32.2. The van der Waals surface area contributed by atoms with E-state index in [1.807, 2.05) is 0 Å². The van der Waals surface area contributed by atoms with Crippen LogP contribution in [0.3, 0.4) is 0 Å². The third kappa shape index (κ3) is 2.70. The summed E-state index contributed by atoms with van der Waals surface area (Å²) < 4.78 is 115. The molecule has 0 amide bonds. The van der Waals surface area contributed by atoms with E-state index in [-0.39, 0.29) is 23.6 Å². The summed E-state index contributed by atoms with van der Waals surface area (Å²) in [7, 11) is -19.0. The number of benzene rings is 2. The molecule has 3 aliphatic heterocycles. The van der Waals surface area contributed by atoms with Gasteiger partial charge in [-0.3, -0.25) is 0 Å². The molecule has 2 aromatic rings. The molecule has 0 aliphatic carbocycles. The standard InChI is InChI=1S/C15H15N4O8S4/c1-2-7-15-14-16-28(20,21)10-8-5-3-4-6-9(8)11(30(24,25)18-15)13(31(26,27)19-15)12(10)29(22,23)17-14/h3-6,16-19H,2,7H2,1H3. The van der Waals surface area contributed by atoms with Crippen LogP contribution in [0, 0.1) is 6.17 Å². The first-order chi connectivity index (χ1) is 14.3. The Kier molecular flexibility index (Phi) is 4.11. The quantitative estimate of drug-likeness (QED) is 0.398. The van der Waals surface area contributed by atoms with Crippen LogP contribution in [0.5, 0.6) is 0 Å². The van der Waals surface area contributed by atoms with Crippen molar-refractivity contribution < 1.29 is 33.7 Å². The number of rotatable bonds is 2. The number of hydrogen-bond acceptors (Lipinski definition) is 8. The van der Waals surface area contributed by atoms with Crippen molar-refractivity contribution in [2.75, 3.05) is 0 Å². The van der Waals surface area contributed by atoms with Crippen molar-refractivity contribution in [3.8, 4) is 0 Å². The van der Waals surface area contributed by atoms with Gasteiger partial charge in [-0.2, -0.15) is 18.9 Å². The van der Waals surface area contributed by atoms with E-state index < -0.39 is 71.5 Å². The zero-order chi connectivity index (χ0) is 22.6. The minimum Gasteiger partial charge on any atom is -0.207 e. The van der Waals surface area contributed by atoms with Crippen molar-refractivity contribution in [3.05, 3.63) is 30.4 Å². The molecule has 0 saturated heterocycles. The Morgan fingerprint density at radius 3 is 1.61 bits per heavy atom. The van der Waals surface area contributed by atoms with Crippen molar-refractivity contribution >= 4 is 50.9 Å². The average molecular weight is 508 g/mol. The number of nitrogens with one attached hydrogen (secondary N) is 4. The van der Waals surface area contributed by atoms with E-state index in [1.54, 1.807) is 6.92 Å². The lowest BCUT2D eigenvalue weighted by Gasteiger charge is -2.38.